The molecule has 0 radical (unpaired) electrons. The Hall–Kier alpha value is -1.73. The van der Waals surface area contributed by atoms with E-state index in [9.17, 15) is 22.4 Å². The Kier molecular flexibility index (Phi) is 2.75. The number of rotatable bonds is 2. The first-order valence-corrected chi connectivity index (χ1v) is 5.00. The first kappa shape index (κ1) is 12.7. The van der Waals surface area contributed by atoms with Crippen LogP contribution in [0.4, 0.5) is 17.6 Å². The molecule has 1 aliphatic carbocycles. The van der Waals surface area contributed by atoms with Gasteiger partial charge in [-0.25, -0.2) is 19.2 Å². The van der Waals surface area contributed by atoms with Crippen molar-refractivity contribution < 1.29 is 27.1 Å². The van der Waals surface area contributed by atoms with Crippen LogP contribution in [0.5, 0.6) is 0 Å². The molecule has 1 aromatic rings. The van der Waals surface area contributed by atoms with Gasteiger partial charge in [0.25, 0.3) is 0 Å². The predicted molar refractivity (Wildman–Crippen MR) is 50.3 cm³/mol. The summed E-state index contributed by atoms with van der Waals surface area (Å²) in [5.41, 5.74) is -3.08. The molecule has 0 atom stereocenters. The highest BCUT2D eigenvalue weighted by Crippen LogP contribution is 2.58. The van der Waals surface area contributed by atoms with Crippen molar-refractivity contribution in [3.63, 3.8) is 0 Å². The Bertz CT molecular complexity index is 497. The largest absolute Gasteiger partial charge is 0.463 e. The van der Waals surface area contributed by atoms with Crippen molar-refractivity contribution in [2.45, 2.75) is 24.4 Å². The summed E-state index contributed by atoms with van der Waals surface area (Å²) in [6.45, 7) is 0. The maximum absolute atomic E-state index is 13.4. The van der Waals surface area contributed by atoms with E-state index in [0.717, 1.165) is 7.11 Å². The van der Waals surface area contributed by atoms with E-state index >= 15 is 0 Å². The van der Waals surface area contributed by atoms with Gasteiger partial charge >= 0.3 is 12.1 Å². The van der Waals surface area contributed by atoms with Gasteiger partial charge in [-0.1, -0.05) is 0 Å². The quantitative estimate of drug-likeness (QED) is 0.605. The Balaban J connectivity index is 2.48. The molecule has 0 unspecified atom stereocenters. The molecule has 4 nitrogen and oxygen atoms in total. The van der Waals surface area contributed by atoms with Crippen molar-refractivity contribution in [3.8, 4) is 0 Å². The molecule has 0 aromatic carbocycles. The summed E-state index contributed by atoms with van der Waals surface area (Å²) < 4.78 is 56.2. The van der Waals surface area contributed by atoms with Crippen LogP contribution in [0.15, 0.2) is 6.20 Å². The fourth-order valence-electron chi connectivity index (χ4n) is 1.67. The summed E-state index contributed by atoms with van der Waals surface area (Å²) in [4.78, 5) is 17.8. The molecular weight excluding hydrogens is 256 g/mol. The maximum Gasteiger partial charge on any atom is 0.400 e. The lowest BCUT2D eigenvalue weighted by Crippen LogP contribution is -2.31. The van der Waals surface area contributed by atoms with Crippen molar-refractivity contribution in [2.24, 2.45) is 0 Å². The minimum absolute atomic E-state index is 0.245. The van der Waals surface area contributed by atoms with E-state index in [2.05, 4.69) is 14.7 Å². The SMILES string of the molecule is COC(=O)c1ncc(F)c(C2(C(F)(F)F)CC2)n1. The second-order valence-corrected chi connectivity index (χ2v) is 3.96. The third-order valence-electron chi connectivity index (χ3n) is 2.86. The molecule has 98 valence electrons. The van der Waals surface area contributed by atoms with E-state index in [-0.39, 0.29) is 12.8 Å². The zero-order chi connectivity index (χ0) is 13.6. The zero-order valence-corrected chi connectivity index (χ0v) is 9.21. The molecule has 0 bridgehead atoms. The molecule has 0 saturated heterocycles. The minimum atomic E-state index is -4.60. The molecule has 1 heterocycles. The number of methoxy groups -OCH3 is 1. The number of ether oxygens (including phenoxy) is 1. The number of esters is 1. The van der Waals surface area contributed by atoms with Crippen molar-refractivity contribution in [1.29, 1.82) is 0 Å². The van der Waals surface area contributed by atoms with E-state index in [1.807, 2.05) is 0 Å². The van der Waals surface area contributed by atoms with Gasteiger partial charge in [0.15, 0.2) is 5.82 Å². The van der Waals surface area contributed by atoms with Crippen molar-refractivity contribution in [1.82, 2.24) is 9.97 Å². The zero-order valence-electron chi connectivity index (χ0n) is 9.21. The molecule has 18 heavy (non-hydrogen) atoms. The summed E-state index contributed by atoms with van der Waals surface area (Å²) in [5.74, 6) is -2.75. The molecule has 0 aliphatic heterocycles. The van der Waals surface area contributed by atoms with Gasteiger partial charge in [0.1, 0.15) is 5.41 Å². The lowest BCUT2D eigenvalue weighted by molar-refractivity contribution is -0.162. The summed E-state index contributed by atoms with van der Waals surface area (Å²) in [6, 6.07) is 0. The van der Waals surface area contributed by atoms with Crippen LogP contribution < -0.4 is 0 Å². The monoisotopic (exact) mass is 264 g/mol. The van der Waals surface area contributed by atoms with Gasteiger partial charge in [0.2, 0.25) is 5.82 Å². The molecule has 0 amide bonds. The van der Waals surface area contributed by atoms with Crippen molar-refractivity contribution in [3.05, 3.63) is 23.5 Å². The number of carbonyl (C=O) groups is 1. The van der Waals surface area contributed by atoms with E-state index in [1.54, 1.807) is 0 Å². The molecule has 1 aromatic heterocycles. The summed E-state index contributed by atoms with van der Waals surface area (Å²) in [5, 5.41) is 0. The first-order valence-electron chi connectivity index (χ1n) is 5.00. The third kappa shape index (κ3) is 1.81. The molecule has 1 fully saturated rings. The van der Waals surface area contributed by atoms with Gasteiger partial charge in [-0.2, -0.15) is 13.2 Å². The molecule has 1 aliphatic rings. The molecular formula is C10H8F4N2O2. The molecule has 0 spiro atoms. The molecule has 2 rings (SSSR count). The van der Waals surface area contributed by atoms with Crippen LogP contribution in [0.1, 0.15) is 29.2 Å². The van der Waals surface area contributed by atoms with Gasteiger partial charge in [-0.15, -0.1) is 0 Å². The van der Waals surface area contributed by atoms with Crippen molar-refractivity contribution >= 4 is 5.97 Å². The van der Waals surface area contributed by atoms with Gasteiger partial charge in [0.05, 0.1) is 19.0 Å². The first-order chi connectivity index (χ1) is 8.32. The highest BCUT2D eigenvalue weighted by atomic mass is 19.4. The highest BCUT2D eigenvalue weighted by Gasteiger charge is 2.66. The van der Waals surface area contributed by atoms with Gasteiger partial charge in [0, 0.05) is 0 Å². The normalized spacial score (nSPS) is 17.4. The van der Waals surface area contributed by atoms with E-state index < -0.39 is 34.9 Å². The van der Waals surface area contributed by atoms with E-state index in [4.69, 9.17) is 0 Å². The Morgan fingerprint density at radius 3 is 2.50 bits per heavy atom. The summed E-state index contributed by atoms with van der Waals surface area (Å²) >= 11 is 0. The molecule has 1 saturated carbocycles. The molecule has 0 N–H and O–H groups in total. The standard InChI is InChI=1S/C10H8F4N2O2/c1-18-8(17)7-15-4-5(11)6(16-7)9(2-3-9)10(12,13)14/h4H,2-3H2,1H3. The smallest absolute Gasteiger partial charge is 0.400 e. The lowest BCUT2D eigenvalue weighted by atomic mass is 10.0. The average Bonchev–Trinajstić information content (AvgIpc) is 3.09. The second kappa shape index (κ2) is 3.89. The Labute approximate surface area is 99.0 Å². The van der Waals surface area contributed by atoms with Crippen molar-refractivity contribution in [2.75, 3.05) is 7.11 Å². The number of nitrogens with zero attached hydrogens (tertiary/aromatic N) is 2. The fraction of sp³-hybridized carbons (Fsp3) is 0.500. The number of alkyl halides is 3. The van der Waals surface area contributed by atoms with Crippen LogP contribution >= 0.6 is 0 Å². The third-order valence-corrected chi connectivity index (χ3v) is 2.86. The van der Waals surface area contributed by atoms with Crippen LogP contribution in [0.3, 0.4) is 0 Å². The lowest BCUT2D eigenvalue weighted by Gasteiger charge is -2.19. The van der Waals surface area contributed by atoms with Gasteiger partial charge in [-0.05, 0) is 12.8 Å². The number of halogens is 4. The van der Waals surface area contributed by atoms with Crippen LogP contribution in [0.2, 0.25) is 0 Å². The topological polar surface area (TPSA) is 52.1 Å². The van der Waals surface area contributed by atoms with Crippen LogP contribution in [-0.2, 0) is 10.2 Å². The number of hydrogen-bond donors (Lipinski definition) is 0. The Morgan fingerprint density at radius 2 is 2.06 bits per heavy atom. The average molecular weight is 264 g/mol. The fourth-order valence-corrected chi connectivity index (χ4v) is 1.67. The predicted octanol–water partition coefficient (Wildman–Crippen LogP) is 2.00. The summed E-state index contributed by atoms with van der Waals surface area (Å²) in [7, 11) is 1.03. The second-order valence-electron chi connectivity index (χ2n) is 3.96. The maximum atomic E-state index is 13.4. The van der Waals surface area contributed by atoms with E-state index in [0.29, 0.717) is 6.20 Å². The minimum Gasteiger partial charge on any atom is -0.463 e. The number of hydrogen-bond acceptors (Lipinski definition) is 4. The summed E-state index contributed by atoms with van der Waals surface area (Å²) in [6.07, 6.45) is -4.54. The number of carbonyl (C=O) groups excluding carboxylic acids is 1. The Morgan fingerprint density at radius 1 is 1.44 bits per heavy atom. The molecule has 8 heteroatoms. The van der Waals surface area contributed by atoms with Crippen LogP contribution in [0.25, 0.3) is 0 Å². The van der Waals surface area contributed by atoms with Crippen LogP contribution in [0, 0.1) is 5.82 Å². The number of aromatic nitrogens is 2. The van der Waals surface area contributed by atoms with Crippen LogP contribution in [-0.4, -0.2) is 29.2 Å². The van der Waals surface area contributed by atoms with Gasteiger partial charge < -0.3 is 4.74 Å². The highest BCUT2D eigenvalue weighted by molar-refractivity contribution is 5.84. The van der Waals surface area contributed by atoms with Gasteiger partial charge in [-0.3, -0.25) is 0 Å². The van der Waals surface area contributed by atoms with E-state index in [1.165, 1.54) is 0 Å².